The molecule has 0 saturated carbocycles. The lowest BCUT2D eigenvalue weighted by atomic mass is 10.2. The molecular weight excluding hydrogens is 194 g/mol. The van der Waals surface area contributed by atoms with E-state index in [2.05, 4.69) is 12.2 Å². The lowest BCUT2D eigenvalue weighted by Gasteiger charge is -2.20. The van der Waals surface area contributed by atoms with Gasteiger partial charge in [0.05, 0.1) is 19.8 Å². The monoisotopic (exact) mass is 217 g/mol. The van der Waals surface area contributed by atoms with E-state index < -0.39 is 0 Å². The molecule has 0 spiro atoms. The summed E-state index contributed by atoms with van der Waals surface area (Å²) < 4.78 is 16.3. The Morgan fingerprint density at radius 1 is 1.33 bits per heavy atom. The molecule has 1 N–H and O–H groups in total. The quantitative estimate of drug-likeness (QED) is 0.662. The van der Waals surface area contributed by atoms with Crippen LogP contribution in [0.1, 0.15) is 26.7 Å². The van der Waals surface area contributed by atoms with Crippen molar-refractivity contribution in [2.24, 2.45) is 0 Å². The molecule has 4 heteroatoms. The maximum absolute atomic E-state index is 5.43. The van der Waals surface area contributed by atoms with E-state index >= 15 is 0 Å². The highest BCUT2D eigenvalue weighted by Gasteiger charge is 2.20. The second-order valence-corrected chi connectivity index (χ2v) is 3.72. The normalized spacial score (nSPS) is 19.6. The Labute approximate surface area is 92.3 Å². The summed E-state index contributed by atoms with van der Waals surface area (Å²) in [5.74, 6) is 0. The standard InChI is InChI=1S/C11H23NO3/c1-3-5-12-10(9-13-4-2)8-11-14-6-7-15-11/h10-12H,3-9H2,1-2H3. The molecule has 1 unspecified atom stereocenters. The van der Waals surface area contributed by atoms with Gasteiger partial charge in [-0.15, -0.1) is 0 Å². The molecule has 1 fully saturated rings. The van der Waals surface area contributed by atoms with E-state index in [-0.39, 0.29) is 6.29 Å². The summed E-state index contributed by atoms with van der Waals surface area (Å²) in [5.41, 5.74) is 0. The van der Waals surface area contributed by atoms with E-state index in [4.69, 9.17) is 14.2 Å². The first-order valence-corrected chi connectivity index (χ1v) is 5.91. The van der Waals surface area contributed by atoms with Crippen LogP contribution in [0.5, 0.6) is 0 Å². The second-order valence-electron chi connectivity index (χ2n) is 3.72. The molecule has 4 nitrogen and oxygen atoms in total. The Bertz CT molecular complexity index is 141. The fourth-order valence-electron chi connectivity index (χ4n) is 1.59. The summed E-state index contributed by atoms with van der Waals surface area (Å²) in [7, 11) is 0. The van der Waals surface area contributed by atoms with E-state index in [1.807, 2.05) is 6.92 Å². The van der Waals surface area contributed by atoms with Crippen molar-refractivity contribution >= 4 is 0 Å². The minimum Gasteiger partial charge on any atom is -0.380 e. The van der Waals surface area contributed by atoms with Crippen molar-refractivity contribution in [1.29, 1.82) is 0 Å². The molecule has 0 aromatic carbocycles. The molecule has 1 saturated heterocycles. The summed E-state index contributed by atoms with van der Waals surface area (Å²) in [6, 6.07) is 0.341. The molecule has 90 valence electrons. The van der Waals surface area contributed by atoms with E-state index in [9.17, 15) is 0 Å². The zero-order valence-corrected chi connectivity index (χ0v) is 9.83. The van der Waals surface area contributed by atoms with Gasteiger partial charge >= 0.3 is 0 Å². The number of rotatable bonds is 8. The van der Waals surface area contributed by atoms with Crippen molar-refractivity contribution < 1.29 is 14.2 Å². The molecule has 0 aromatic heterocycles. The molecule has 0 aromatic rings. The third kappa shape index (κ3) is 5.47. The van der Waals surface area contributed by atoms with Crippen LogP contribution in [0.4, 0.5) is 0 Å². The third-order valence-electron chi connectivity index (χ3n) is 2.37. The molecule has 1 rings (SSSR count). The largest absolute Gasteiger partial charge is 0.380 e. The van der Waals surface area contributed by atoms with Crippen LogP contribution in [0.25, 0.3) is 0 Å². The summed E-state index contributed by atoms with van der Waals surface area (Å²) in [6.07, 6.45) is 1.97. The number of nitrogens with one attached hydrogen (secondary N) is 1. The summed E-state index contributed by atoms with van der Waals surface area (Å²) in [4.78, 5) is 0. The van der Waals surface area contributed by atoms with Crippen molar-refractivity contribution in [2.75, 3.05) is 33.0 Å². The van der Waals surface area contributed by atoms with Crippen molar-refractivity contribution in [2.45, 2.75) is 39.0 Å². The average Bonchev–Trinajstić information content (AvgIpc) is 2.74. The number of ether oxygens (including phenoxy) is 3. The summed E-state index contributed by atoms with van der Waals surface area (Å²) >= 11 is 0. The molecule has 0 aliphatic carbocycles. The summed E-state index contributed by atoms with van der Waals surface area (Å²) in [6.45, 7) is 8.13. The van der Waals surface area contributed by atoms with Gasteiger partial charge in [-0.2, -0.15) is 0 Å². The Balaban J connectivity index is 2.19. The average molecular weight is 217 g/mol. The van der Waals surface area contributed by atoms with Gasteiger partial charge in [0, 0.05) is 19.1 Å². The molecule has 0 radical (unpaired) electrons. The second kappa shape index (κ2) is 8.05. The predicted octanol–water partition coefficient (Wildman–Crippen LogP) is 1.15. The van der Waals surface area contributed by atoms with Crippen molar-refractivity contribution in [3.63, 3.8) is 0 Å². The highest BCUT2D eigenvalue weighted by atomic mass is 16.7. The van der Waals surface area contributed by atoms with E-state index in [0.29, 0.717) is 6.04 Å². The van der Waals surface area contributed by atoms with Crippen molar-refractivity contribution in [3.05, 3.63) is 0 Å². The third-order valence-corrected chi connectivity index (χ3v) is 2.37. The van der Waals surface area contributed by atoms with Crippen molar-refractivity contribution in [1.82, 2.24) is 5.32 Å². The topological polar surface area (TPSA) is 39.7 Å². The summed E-state index contributed by atoms with van der Waals surface area (Å²) in [5, 5.41) is 3.45. The molecule has 1 atom stereocenters. The van der Waals surface area contributed by atoms with Crippen LogP contribution in [0, 0.1) is 0 Å². The van der Waals surface area contributed by atoms with Crippen molar-refractivity contribution in [3.8, 4) is 0 Å². The van der Waals surface area contributed by atoms with Gasteiger partial charge in [-0.25, -0.2) is 0 Å². The van der Waals surface area contributed by atoms with E-state index in [0.717, 1.165) is 45.8 Å². The van der Waals surface area contributed by atoms with Crippen LogP contribution < -0.4 is 5.32 Å². The van der Waals surface area contributed by atoms with E-state index in [1.165, 1.54) is 0 Å². The first-order valence-electron chi connectivity index (χ1n) is 5.91. The minimum absolute atomic E-state index is 0.0418. The SMILES string of the molecule is CCCNC(COCC)CC1OCCO1. The molecule has 1 aliphatic heterocycles. The Morgan fingerprint density at radius 3 is 2.67 bits per heavy atom. The molecule has 0 amide bonds. The fraction of sp³-hybridized carbons (Fsp3) is 1.00. The van der Waals surface area contributed by atoms with Gasteiger partial charge in [0.15, 0.2) is 6.29 Å². The maximum atomic E-state index is 5.43. The predicted molar refractivity (Wildman–Crippen MR) is 58.9 cm³/mol. The van der Waals surface area contributed by atoms with Gasteiger partial charge in [-0.3, -0.25) is 0 Å². The van der Waals surface area contributed by atoms with Crippen LogP contribution in [-0.4, -0.2) is 45.3 Å². The van der Waals surface area contributed by atoms with Gasteiger partial charge in [0.1, 0.15) is 0 Å². The van der Waals surface area contributed by atoms with Gasteiger partial charge in [0.25, 0.3) is 0 Å². The lowest BCUT2D eigenvalue weighted by Crippen LogP contribution is -2.37. The van der Waals surface area contributed by atoms with E-state index in [1.54, 1.807) is 0 Å². The smallest absolute Gasteiger partial charge is 0.159 e. The number of hydrogen-bond acceptors (Lipinski definition) is 4. The number of hydrogen-bond donors (Lipinski definition) is 1. The molecular formula is C11H23NO3. The Morgan fingerprint density at radius 2 is 2.07 bits per heavy atom. The maximum Gasteiger partial charge on any atom is 0.159 e. The highest BCUT2D eigenvalue weighted by molar-refractivity contribution is 4.69. The first-order chi connectivity index (χ1) is 7.36. The fourth-order valence-corrected chi connectivity index (χ4v) is 1.59. The molecule has 1 heterocycles. The van der Waals surface area contributed by atoms with Crippen LogP contribution in [0.2, 0.25) is 0 Å². The Hall–Kier alpha value is -0.160. The Kier molecular flexibility index (Phi) is 6.92. The van der Waals surface area contributed by atoms with Crippen LogP contribution in [-0.2, 0) is 14.2 Å². The zero-order chi connectivity index (χ0) is 10.9. The van der Waals surface area contributed by atoms with Gasteiger partial charge in [-0.05, 0) is 19.9 Å². The lowest BCUT2D eigenvalue weighted by molar-refractivity contribution is -0.0582. The first kappa shape index (κ1) is 12.9. The van der Waals surface area contributed by atoms with Crippen LogP contribution in [0.15, 0.2) is 0 Å². The minimum atomic E-state index is -0.0418. The van der Waals surface area contributed by atoms with Crippen LogP contribution >= 0.6 is 0 Å². The molecule has 15 heavy (non-hydrogen) atoms. The van der Waals surface area contributed by atoms with Crippen LogP contribution in [0.3, 0.4) is 0 Å². The van der Waals surface area contributed by atoms with Gasteiger partial charge in [0.2, 0.25) is 0 Å². The molecule has 1 aliphatic rings. The molecule has 0 bridgehead atoms. The van der Waals surface area contributed by atoms with Gasteiger partial charge in [-0.1, -0.05) is 6.92 Å². The highest BCUT2D eigenvalue weighted by Crippen LogP contribution is 2.10. The van der Waals surface area contributed by atoms with Gasteiger partial charge < -0.3 is 19.5 Å². The zero-order valence-electron chi connectivity index (χ0n) is 9.83.